The van der Waals surface area contributed by atoms with Gasteiger partial charge in [-0.15, -0.1) is 0 Å². The second-order valence-electron chi connectivity index (χ2n) is 4.72. The van der Waals surface area contributed by atoms with Crippen LogP contribution in [0.15, 0.2) is 51.6 Å². The van der Waals surface area contributed by atoms with Crippen molar-refractivity contribution in [3.05, 3.63) is 58.5 Å². The van der Waals surface area contributed by atoms with E-state index in [2.05, 4.69) is 26.8 Å². The van der Waals surface area contributed by atoms with E-state index < -0.39 is 24.4 Å². The fourth-order valence-corrected chi connectivity index (χ4v) is 2.24. The molecule has 0 aliphatic heterocycles. The number of amides is 2. The molecule has 0 bridgehead atoms. The lowest BCUT2D eigenvalue weighted by Crippen LogP contribution is -2.43. The zero-order valence-electron chi connectivity index (χ0n) is 12.6. The number of benzene rings is 1. The van der Waals surface area contributed by atoms with Crippen LogP contribution in [0.2, 0.25) is 0 Å². The van der Waals surface area contributed by atoms with Gasteiger partial charge in [0.05, 0.1) is 18.2 Å². The third-order valence-electron chi connectivity index (χ3n) is 2.95. The van der Waals surface area contributed by atoms with Crippen molar-refractivity contribution in [3.63, 3.8) is 0 Å². The molecule has 2 rings (SSSR count). The van der Waals surface area contributed by atoms with Crippen LogP contribution in [-0.4, -0.2) is 24.4 Å². The Bertz CT molecular complexity index is 715. The van der Waals surface area contributed by atoms with Crippen LogP contribution in [0.1, 0.15) is 22.5 Å². The molecule has 0 fully saturated rings. The number of carbonyl (C=O) groups is 3. The summed E-state index contributed by atoms with van der Waals surface area (Å²) in [6.07, 6.45) is 2.01. The van der Waals surface area contributed by atoms with Gasteiger partial charge in [-0.25, -0.2) is 0 Å². The van der Waals surface area contributed by atoms with Crippen LogP contribution < -0.4 is 10.9 Å². The smallest absolute Gasteiger partial charge is 0.306 e. The monoisotopic (exact) mass is 394 g/mol. The van der Waals surface area contributed by atoms with Gasteiger partial charge < -0.3 is 9.15 Å². The highest BCUT2D eigenvalue weighted by Crippen LogP contribution is 2.15. The first-order chi connectivity index (χ1) is 11.6. The van der Waals surface area contributed by atoms with Crippen molar-refractivity contribution in [2.75, 3.05) is 6.61 Å². The van der Waals surface area contributed by atoms with E-state index in [1.807, 2.05) is 0 Å². The maximum absolute atomic E-state index is 11.9. The summed E-state index contributed by atoms with van der Waals surface area (Å²) in [6, 6.07) is 10.2. The number of esters is 1. The maximum Gasteiger partial charge on any atom is 0.306 e. The minimum Gasteiger partial charge on any atom is -0.469 e. The van der Waals surface area contributed by atoms with Gasteiger partial charge in [0, 0.05) is 10.9 Å². The van der Waals surface area contributed by atoms with Crippen LogP contribution in [0.25, 0.3) is 0 Å². The van der Waals surface area contributed by atoms with Gasteiger partial charge in [0.2, 0.25) is 0 Å². The Labute approximate surface area is 146 Å². The predicted molar refractivity (Wildman–Crippen MR) is 87.7 cm³/mol. The number of hydrogen-bond donors (Lipinski definition) is 2. The van der Waals surface area contributed by atoms with Crippen LogP contribution in [0.3, 0.4) is 0 Å². The van der Waals surface area contributed by atoms with Crippen molar-refractivity contribution < 1.29 is 23.5 Å². The molecule has 0 aliphatic carbocycles. The first kappa shape index (κ1) is 17.7. The van der Waals surface area contributed by atoms with Crippen molar-refractivity contribution in [1.82, 2.24) is 10.9 Å². The number of halogens is 1. The molecule has 2 aromatic rings. The molecule has 24 heavy (non-hydrogen) atoms. The molecule has 8 heteroatoms. The summed E-state index contributed by atoms with van der Waals surface area (Å²) in [5, 5.41) is 0. The number of nitrogens with one attached hydrogen (secondary N) is 2. The third-order valence-corrected chi connectivity index (χ3v) is 3.65. The lowest BCUT2D eigenvalue weighted by Gasteiger charge is -2.09. The summed E-state index contributed by atoms with van der Waals surface area (Å²) in [6.45, 7) is -0.479. The number of carbonyl (C=O) groups excluding carboxylic acids is 3. The van der Waals surface area contributed by atoms with Crippen molar-refractivity contribution in [2.45, 2.75) is 12.8 Å². The first-order valence-electron chi connectivity index (χ1n) is 7.08. The first-order valence-corrected chi connectivity index (χ1v) is 7.87. The molecule has 7 nitrogen and oxygen atoms in total. The average molecular weight is 395 g/mol. The normalized spacial score (nSPS) is 10.0. The molecule has 0 radical (unpaired) electrons. The molecule has 2 N–H and O–H groups in total. The summed E-state index contributed by atoms with van der Waals surface area (Å²) in [4.78, 5) is 34.9. The zero-order chi connectivity index (χ0) is 17.4. The second-order valence-corrected chi connectivity index (χ2v) is 5.58. The SMILES string of the molecule is O=C(COC(=O)CCc1ccco1)NNC(=O)c1ccccc1Br. The summed E-state index contributed by atoms with van der Waals surface area (Å²) >= 11 is 3.24. The highest BCUT2D eigenvalue weighted by molar-refractivity contribution is 9.10. The molecule has 0 aliphatic rings. The van der Waals surface area contributed by atoms with Gasteiger partial charge in [-0.3, -0.25) is 25.2 Å². The van der Waals surface area contributed by atoms with Crippen molar-refractivity contribution in [2.24, 2.45) is 0 Å². The molecule has 1 heterocycles. The number of rotatable bonds is 6. The van der Waals surface area contributed by atoms with Gasteiger partial charge in [0.1, 0.15) is 5.76 Å². The van der Waals surface area contributed by atoms with Gasteiger partial charge in [0.15, 0.2) is 6.61 Å². The highest BCUT2D eigenvalue weighted by atomic mass is 79.9. The Kier molecular flexibility index (Phi) is 6.56. The van der Waals surface area contributed by atoms with E-state index in [9.17, 15) is 14.4 Å². The number of hydrogen-bond acceptors (Lipinski definition) is 5. The fourth-order valence-electron chi connectivity index (χ4n) is 1.77. The highest BCUT2D eigenvalue weighted by Gasteiger charge is 2.12. The van der Waals surface area contributed by atoms with Crippen molar-refractivity contribution in [3.8, 4) is 0 Å². The molecule has 2 amide bonds. The van der Waals surface area contributed by atoms with Gasteiger partial charge in [0.25, 0.3) is 11.8 Å². The molecule has 0 saturated carbocycles. The van der Waals surface area contributed by atoms with Gasteiger partial charge in [-0.05, 0) is 40.2 Å². The number of furan rings is 1. The Morgan fingerprint density at radius 2 is 1.88 bits per heavy atom. The molecular formula is C16H15BrN2O5. The van der Waals surface area contributed by atoms with Gasteiger partial charge >= 0.3 is 5.97 Å². The third kappa shape index (κ3) is 5.54. The Morgan fingerprint density at radius 1 is 1.08 bits per heavy atom. The quantitative estimate of drug-likeness (QED) is 0.576. The van der Waals surface area contributed by atoms with Crippen LogP contribution >= 0.6 is 15.9 Å². The average Bonchev–Trinajstić information content (AvgIpc) is 3.10. The minimum absolute atomic E-state index is 0.101. The Hall–Kier alpha value is -2.61. The van der Waals surface area contributed by atoms with Crippen LogP contribution in [0.5, 0.6) is 0 Å². The second kappa shape index (κ2) is 8.88. The van der Waals surface area contributed by atoms with E-state index in [1.54, 1.807) is 36.4 Å². The van der Waals surface area contributed by atoms with Crippen molar-refractivity contribution in [1.29, 1.82) is 0 Å². The molecule has 126 valence electrons. The molecule has 0 unspecified atom stereocenters. The Morgan fingerprint density at radius 3 is 2.58 bits per heavy atom. The van der Waals surface area contributed by atoms with Crippen LogP contribution in [0, 0.1) is 0 Å². The van der Waals surface area contributed by atoms with E-state index in [4.69, 9.17) is 9.15 Å². The van der Waals surface area contributed by atoms with Crippen molar-refractivity contribution >= 4 is 33.7 Å². The predicted octanol–water partition coefficient (Wildman–Crippen LogP) is 1.98. The molecule has 0 saturated heterocycles. The van der Waals surface area contributed by atoms with E-state index in [-0.39, 0.29) is 6.42 Å². The van der Waals surface area contributed by atoms with Gasteiger partial charge in [-0.1, -0.05) is 12.1 Å². The largest absolute Gasteiger partial charge is 0.469 e. The number of hydrazine groups is 1. The number of ether oxygens (including phenoxy) is 1. The van der Waals surface area contributed by atoms with E-state index in [1.165, 1.54) is 6.26 Å². The maximum atomic E-state index is 11.9. The fraction of sp³-hybridized carbons (Fsp3) is 0.188. The molecule has 1 aromatic carbocycles. The van der Waals surface area contributed by atoms with Crippen LogP contribution in [-0.2, 0) is 20.7 Å². The molecular weight excluding hydrogens is 380 g/mol. The summed E-state index contributed by atoms with van der Waals surface area (Å²) in [7, 11) is 0. The van der Waals surface area contributed by atoms with E-state index >= 15 is 0 Å². The number of aryl methyl sites for hydroxylation is 1. The zero-order valence-corrected chi connectivity index (χ0v) is 14.2. The Balaban J connectivity index is 1.67. The van der Waals surface area contributed by atoms with E-state index in [0.29, 0.717) is 22.2 Å². The van der Waals surface area contributed by atoms with Crippen LogP contribution in [0.4, 0.5) is 0 Å². The van der Waals surface area contributed by atoms with Gasteiger partial charge in [-0.2, -0.15) is 0 Å². The summed E-state index contributed by atoms with van der Waals surface area (Å²) in [5.74, 6) is -0.988. The molecule has 0 spiro atoms. The molecule has 1 aromatic heterocycles. The van der Waals surface area contributed by atoms with E-state index in [0.717, 1.165) is 0 Å². The lowest BCUT2D eigenvalue weighted by molar-refractivity contribution is -0.148. The lowest BCUT2D eigenvalue weighted by atomic mass is 10.2. The minimum atomic E-state index is -0.637. The topological polar surface area (TPSA) is 97.6 Å². The summed E-state index contributed by atoms with van der Waals surface area (Å²) in [5.41, 5.74) is 4.79. The molecule has 0 atom stereocenters. The summed E-state index contributed by atoms with van der Waals surface area (Å²) < 4.78 is 10.5. The standard InChI is InChI=1S/C16H15BrN2O5/c17-13-6-2-1-5-12(13)16(22)19-18-14(20)10-24-15(21)8-7-11-4-3-9-23-11/h1-6,9H,7-8,10H2,(H,18,20)(H,19,22).